The third-order valence-corrected chi connectivity index (χ3v) is 6.84. The van der Waals surface area contributed by atoms with Crippen LogP contribution in [0.1, 0.15) is 23.6 Å². The van der Waals surface area contributed by atoms with E-state index in [1.807, 2.05) is 18.5 Å². The van der Waals surface area contributed by atoms with Gasteiger partial charge in [-0.15, -0.1) is 0 Å². The highest BCUT2D eigenvalue weighted by molar-refractivity contribution is 5.69. The van der Waals surface area contributed by atoms with Crippen LogP contribution in [0.15, 0.2) is 103 Å². The van der Waals surface area contributed by atoms with Crippen LogP contribution in [0.5, 0.6) is 5.75 Å². The second-order valence-electron chi connectivity index (χ2n) is 8.96. The van der Waals surface area contributed by atoms with Gasteiger partial charge in [0.05, 0.1) is 13.2 Å². The van der Waals surface area contributed by atoms with Crippen LogP contribution >= 0.6 is 0 Å². The molecule has 34 heavy (non-hydrogen) atoms. The summed E-state index contributed by atoms with van der Waals surface area (Å²) in [5.74, 6) is 0.870. The van der Waals surface area contributed by atoms with Gasteiger partial charge in [0, 0.05) is 42.9 Å². The molecule has 0 saturated heterocycles. The maximum absolute atomic E-state index is 5.44. The van der Waals surface area contributed by atoms with E-state index in [-0.39, 0.29) is 6.04 Å². The number of pyridine rings is 1. The predicted octanol–water partition coefficient (Wildman–Crippen LogP) is 6.24. The van der Waals surface area contributed by atoms with Crippen molar-refractivity contribution >= 4 is 11.4 Å². The molecule has 0 radical (unpaired) electrons. The summed E-state index contributed by atoms with van der Waals surface area (Å²) >= 11 is 0. The molecule has 4 heteroatoms. The number of fused-ring (bicyclic) bond motifs is 1. The molecular weight excluding hydrogens is 418 g/mol. The van der Waals surface area contributed by atoms with Crippen LogP contribution in [0, 0.1) is 0 Å². The normalized spacial score (nSPS) is 18.2. The summed E-state index contributed by atoms with van der Waals surface area (Å²) in [6.07, 6.45) is 4.75. The van der Waals surface area contributed by atoms with E-state index in [0.717, 1.165) is 25.3 Å². The molecule has 3 aromatic carbocycles. The number of ether oxygens (including phenoxy) is 1. The molecule has 0 unspecified atom stereocenters. The Balaban J connectivity index is 1.61. The van der Waals surface area contributed by atoms with Gasteiger partial charge in [0.15, 0.2) is 0 Å². The number of hydrogen-bond donors (Lipinski definition) is 0. The van der Waals surface area contributed by atoms with Crippen LogP contribution in [0.3, 0.4) is 0 Å². The second-order valence-corrected chi connectivity index (χ2v) is 8.96. The molecule has 5 rings (SSSR count). The van der Waals surface area contributed by atoms with Gasteiger partial charge in [-0.3, -0.25) is 9.88 Å². The molecule has 4 aromatic rings. The van der Waals surface area contributed by atoms with E-state index < -0.39 is 0 Å². The first-order valence-electron chi connectivity index (χ1n) is 11.9. The van der Waals surface area contributed by atoms with Gasteiger partial charge in [0.1, 0.15) is 5.75 Å². The fourth-order valence-electron chi connectivity index (χ4n) is 4.99. The van der Waals surface area contributed by atoms with Crippen LogP contribution < -0.4 is 9.64 Å². The number of aromatic nitrogens is 1. The van der Waals surface area contributed by atoms with Gasteiger partial charge in [-0.25, -0.2) is 0 Å². The minimum absolute atomic E-state index is 0.227. The van der Waals surface area contributed by atoms with Crippen molar-refractivity contribution in [1.82, 2.24) is 9.88 Å². The lowest BCUT2D eigenvalue weighted by Gasteiger charge is -2.39. The van der Waals surface area contributed by atoms with Crippen molar-refractivity contribution in [3.05, 3.63) is 120 Å². The van der Waals surface area contributed by atoms with Gasteiger partial charge in [-0.2, -0.15) is 0 Å². The lowest BCUT2D eigenvalue weighted by molar-refractivity contribution is 0.172. The Bertz CT molecular complexity index is 1190. The molecular formula is C30H31N3O. The Kier molecular flexibility index (Phi) is 6.59. The highest BCUT2D eigenvalue weighted by Gasteiger charge is 2.35. The van der Waals surface area contributed by atoms with E-state index in [2.05, 4.69) is 107 Å². The summed E-state index contributed by atoms with van der Waals surface area (Å²) in [5, 5.41) is 0. The molecule has 0 spiro atoms. The van der Waals surface area contributed by atoms with Crippen LogP contribution in [0.2, 0.25) is 0 Å². The minimum atomic E-state index is 0.227. The molecule has 1 aromatic heterocycles. The summed E-state index contributed by atoms with van der Waals surface area (Å²) in [6.45, 7) is 4.19. The van der Waals surface area contributed by atoms with Crippen molar-refractivity contribution in [3.63, 3.8) is 0 Å². The summed E-state index contributed by atoms with van der Waals surface area (Å²) < 4.78 is 5.44. The van der Waals surface area contributed by atoms with Crippen molar-refractivity contribution in [1.29, 1.82) is 0 Å². The smallest absolute Gasteiger partial charge is 0.119 e. The van der Waals surface area contributed by atoms with Crippen LogP contribution in [0.4, 0.5) is 11.4 Å². The second kappa shape index (κ2) is 10.1. The van der Waals surface area contributed by atoms with Crippen molar-refractivity contribution < 1.29 is 4.74 Å². The maximum Gasteiger partial charge on any atom is 0.119 e. The van der Waals surface area contributed by atoms with Crippen LogP contribution in [-0.2, 0) is 19.5 Å². The van der Waals surface area contributed by atoms with E-state index in [0.29, 0.717) is 6.04 Å². The van der Waals surface area contributed by atoms with Gasteiger partial charge in [-0.1, -0.05) is 54.6 Å². The third-order valence-electron chi connectivity index (χ3n) is 6.84. The molecule has 0 saturated carbocycles. The summed E-state index contributed by atoms with van der Waals surface area (Å²) in [4.78, 5) is 9.54. The fourth-order valence-corrected chi connectivity index (χ4v) is 4.99. The Morgan fingerprint density at radius 3 is 2.32 bits per heavy atom. The number of benzene rings is 3. The van der Waals surface area contributed by atoms with Crippen molar-refractivity contribution in [3.8, 4) is 5.75 Å². The van der Waals surface area contributed by atoms with Crippen LogP contribution in [0.25, 0.3) is 0 Å². The molecule has 0 amide bonds. The van der Waals surface area contributed by atoms with Gasteiger partial charge in [0.2, 0.25) is 0 Å². The Hall–Kier alpha value is -3.63. The van der Waals surface area contributed by atoms with Gasteiger partial charge in [0.25, 0.3) is 0 Å². The molecule has 4 nitrogen and oxygen atoms in total. The highest BCUT2D eigenvalue weighted by Crippen LogP contribution is 2.38. The fraction of sp³-hybridized carbons (Fsp3) is 0.233. The zero-order valence-electron chi connectivity index (χ0n) is 19.8. The first-order chi connectivity index (χ1) is 16.7. The van der Waals surface area contributed by atoms with E-state index in [1.54, 1.807) is 7.11 Å². The zero-order chi connectivity index (χ0) is 23.3. The number of rotatable bonds is 6. The standard InChI is InChI=1S/C30H31N3O/c1-23-30(19-25-11-8-18-31-20-25)33(27-14-16-28(34-2)17-15-27)29-13-7-6-12-26(29)22-32(23)21-24-9-4-3-5-10-24/h3-18,20,23,30H,19,21-22H2,1-2H3/t23-,30+/m0/s1. The average molecular weight is 450 g/mol. The Labute approximate surface area is 202 Å². The molecule has 0 bridgehead atoms. The van der Waals surface area contributed by atoms with Gasteiger partial charge in [-0.05, 0) is 66.4 Å². The first-order valence-corrected chi connectivity index (χ1v) is 11.9. The summed E-state index contributed by atoms with van der Waals surface area (Å²) in [6, 6.07) is 32.8. The van der Waals surface area contributed by atoms with Crippen molar-refractivity contribution in [2.45, 2.75) is 38.5 Å². The monoisotopic (exact) mass is 449 g/mol. The molecule has 0 aliphatic carbocycles. The molecule has 0 N–H and O–H groups in total. The number of methoxy groups -OCH3 is 1. The molecule has 1 aliphatic rings. The first kappa shape index (κ1) is 22.2. The highest BCUT2D eigenvalue weighted by atomic mass is 16.5. The maximum atomic E-state index is 5.44. The molecule has 1 aliphatic heterocycles. The predicted molar refractivity (Wildman–Crippen MR) is 138 cm³/mol. The quantitative estimate of drug-likeness (QED) is 0.348. The largest absolute Gasteiger partial charge is 0.497 e. The molecule has 0 fully saturated rings. The topological polar surface area (TPSA) is 28.6 Å². The number of anilines is 2. The third kappa shape index (κ3) is 4.68. The molecule has 172 valence electrons. The van der Waals surface area contributed by atoms with Crippen molar-refractivity contribution in [2.24, 2.45) is 0 Å². The Morgan fingerprint density at radius 2 is 1.59 bits per heavy atom. The molecule has 2 atom stereocenters. The van der Waals surface area contributed by atoms with Gasteiger partial charge < -0.3 is 9.64 Å². The van der Waals surface area contributed by atoms with Crippen molar-refractivity contribution in [2.75, 3.05) is 12.0 Å². The number of para-hydroxylation sites is 1. The minimum Gasteiger partial charge on any atom is -0.497 e. The zero-order valence-corrected chi connectivity index (χ0v) is 19.8. The lowest BCUT2D eigenvalue weighted by Crippen LogP contribution is -2.47. The Morgan fingerprint density at radius 1 is 0.853 bits per heavy atom. The summed E-state index contributed by atoms with van der Waals surface area (Å²) in [5.41, 5.74) is 6.37. The lowest BCUT2D eigenvalue weighted by atomic mass is 9.97. The van der Waals surface area contributed by atoms with Gasteiger partial charge >= 0.3 is 0 Å². The SMILES string of the molecule is COc1ccc(N2c3ccccc3CN(Cc3ccccc3)[C@@H](C)[C@H]2Cc2cccnc2)cc1. The average Bonchev–Trinajstić information content (AvgIpc) is 3.00. The van der Waals surface area contributed by atoms with Crippen LogP contribution in [-0.4, -0.2) is 29.1 Å². The number of nitrogens with zero attached hydrogens (tertiary/aromatic N) is 3. The number of hydrogen-bond acceptors (Lipinski definition) is 4. The van der Waals surface area contributed by atoms with E-state index in [4.69, 9.17) is 4.74 Å². The summed E-state index contributed by atoms with van der Waals surface area (Å²) in [7, 11) is 1.71. The van der Waals surface area contributed by atoms with E-state index in [9.17, 15) is 0 Å². The van der Waals surface area contributed by atoms with E-state index in [1.165, 1.54) is 28.1 Å². The molecule has 2 heterocycles. The van der Waals surface area contributed by atoms with E-state index >= 15 is 0 Å².